The number of hydrogen-bond acceptors (Lipinski definition) is 7. The van der Waals surface area contributed by atoms with Gasteiger partial charge in [0.2, 0.25) is 0 Å². The van der Waals surface area contributed by atoms with E-state index in [4.69, 9.17) is 0 Å². The average molecular weight is 647 g/mol. The average Bonchev–Trinajstić information content (AvgIpc) is 2.82. The molecule has 0 aliphatic rings. The Hall–Kier alpha value is -2.79. The molecule has 0 aliphatic heterocycles. The summed E-state index contributed by atoms with van der Waals surface area (Å²) in [5.74, 6) is 0. The van der Waals surface area contributed by atoms with Crippen molar-refractivity contribution >= 4 is 62.4 Å². The first kappa shape index (κ1) is 28.4. The molecule has 0 unspecified atom stereocenters. The molecule has 1 aromatic heterocycles. The Kier molecular flexibility index (Phi) is 10.8. The second kappa shape index (κ2) is 13.3. The summed E-state index contributed by atoms with van der Waals surface area (Å²) in [5.41, 5.74) is 5.30. The number of halogens is 2. The molecule has 35 heavy (non-hydrogen) atoms. The van der Waals surface area contributed by atoms with Crippen LogP contribution in [0.5, 0.6) is 0 Å². The molecule has 0 spiro atoms. The molecule has 3 aromatic rings. The summed E-state index contributed by atoms with van der Waals surface area (Å²) in [6, 6.07) is 14.6. The van der Waals surface area contributed by atoms with Gasteiger partial charge in [-0.25, -0.2) is 4.98 Å². The van der Waals surface area contributed by atoms with Gasteiger partial charge in [0.25, 0.3) is 11.4 Å². The molecule has 184 valence electrons. The van der Waals surface area contributed by atoms with E-state index in [0.29, 0.717) is 45.3 Å². The van der Waals surface area contributed by atoms with Crippen molar-refractivity contribution in [1.29, 1.82) is 0 Å². The van der Waals surface area contributed by atoms with E-state index in [0.717, 1.165) is 11.3 Å². The Bertz CT molecular complexity index is 1220. The fourth-order valence-corrected chi connectivity index (χ4v) is 3.07. The Morgan fingerprint density at radius 1 is 0.800 bits per heavy atom. The topological polar surface area (TPSA) is 124 Å². The Labute approximate surface area is 222 Å². The van der Waals surface area contributed by atoms with E-state index in [1.54, 1.807) is 26.0 Å². The predicted octanol–water partition coefficient (Wildman–Crippen LogP) is 7.48. The van der Waals surface area contributed by atoms with E-state index in [9.17, 15) is 20.2 Å². The van der Waals surface area contributed by atoms with Gasteiger partial charge in [-0.3, -0.25) is 30.2 Å². The van der Waals surface area contributed by atoms with Crippen LogP contribution in [-0.2, 0) is 11.3 Å². The van der Waals surface area contributed by atoms with Gasteiger partial charge in [0.15, 0.2) is 0 Å². The summed E-state index contributed by atoms with van der Waals surface area (Å²) in [7, 11) is 0. The van der Waals surface area contributed by atoms with Gasteiger partial charge in [0.1, 0.15) is 0 Å². The minimum absolute atomic E-state index is 0.0209. The number of hydrogen-bond donors (Lipinski definition) is 0. The van der Waals surface area contributed by atoms with Crippen molar-refractivity contribution in [3.63, 3.8) is 0 Å². The van der Waals surface area contributed by atoms with Crippen LogP contribution in [0, 0.1) is 34.1 Å². The van der Waals surface area contributed by atoms with E-state index in [1.165, 1.54) is 24.3 Å². The van der Waals surface area contributed by atoms with Crippen LogP contribution < -0.4 is 0 Å². The van der Waals surface area contributed by atoms with Crippen LogP contribution in [0.4, 0.5) is 22.7 Å². The molecule has 0 saturated heterocycles. The molecule has 0 radical (unpaired) electrons. The number of aromatic nitrogens is 1. The van der Waals surface area contributed by atoms with Crippen LogP contribution in [0.25, 0.3) is 0 Å². The Balaban J connectivity index is 0.00000137. The monoisotopic (exact) mass is 645 g/mol. The third-order valence-electron chi connectivity index (χ3n) is 4.85. The zero-order valence-corrected chi connectivity index (χ0v) is 23.5. The Morgan fingerprint density at radius 3 is 1.49 bits per heavy atom. The van der Waals surface area contributed by atoms with Crippen LogP contribution in [0.3, 0.4) is 0 Å². The Morgan fingerprint density at radius 2 is 1.17 bits per heavy atom. The van der Waals surface area contributed by atoms with Gasteiger partial charge in [-0.15, -0.1) is 0 Å². The molecular formula is C23H21Br2FeN5O4. The van der Waals surface area contributed by atoms with E-state index >= 15 is 0 Å². The third-order valence-corrected chi connectivity index (χ3v) is 4.85. The van der Waals surface area contributed by atoms with Crippen LogP contribution >= 0.6 is 28.2 Å². The molecule has 12 heteroatoms. The molecular weight excluding hydrogens is 626 g/mol. The number of nitrogens with zero attached hydrogens (tertiary/aromatic N) is 5. The van der Waals surface area contributed by atoms with Crippen LogP contribution in [0.2, 0.25) is 0 Å². The van der Waals surface area contributed by atoms with Gasteiger partial charge in [-0.2, -0.15) is 0 Å². The minimum atomic E-state index is -0.437. The van der Waals surface area contributed by atoms with Crippen molar-refractivity contribution in [3.05, 3.63) is 97.3 Å². The third kappa shape index (κ3) is 8.14. The fourth-order valence-electron chi connectivity index (χ4n) is 3.07. The zero-order chi connectivity index (χ0) is 26.1. The number of aliphatic imine (C=N–C) groups is 2. The van der Waals surface area contributed by atoms with E-state index in [2.05, 4.69) is 43.2 Å². The molecule has 0 bridgehead atoms. The summed E-state index contributed by atoms with van der Waals surface area (Å²) >= 11 is 7.00. The van der Waals surface area contributed by atoms with E-state index in [1.807, 2.05) is 32.0 Å². The quantitative estimate of drug-likeness (QED) is 0.119. The first-order valence-electron chi connectivity index (χ1n) is 10.0. The second-order valence-electron chi connectivity index (χ2n) is 7.31. The first-order valence-corrected chi connectivity index (χ1v) is 15.5. The SMILES string of the molecule is CC(=Nc1ccc([N+](=O)[O-])cc1C)c1cccc(C(C)=Nc2ccc([N+](=O)[O-])cc2C)n1.[Br][Fe][Br]. The number of non-ortho nitro benzene ring substituents is 2. The van der Waals surface area contributed by atoms with Crippen LogP contribution in [0.15, 0.2) is 64.6 Å². The summed E-state index contributed by atoms with van der Waals surface area (Å²) in [4.78, 5) is 34.8. The van der Waals surface area contributed by atoms with Crippen molar-refractivity contribution in [2.24, 2.45) is 9.98 Å². The van der Waals surface area contributed by atoms with Gasteiger partial charge < -0.3 is 0 Å². The van der Waals surface area contributed by atoms with Crippen molar-refractivity contribution < 1.29 is 21.2 Å². The zero-order valence-electron chi connectivity index (χ0n) is 19.2. The van der Waals surface area contributed by atoms with Gasteiger partial charge in [-0.05, 0) is 63.1 Å². The fraction of sp³-hybridized carbons (Fsp3) is 0.174. The van der Waals surface area contributed by atoms with Crippen molar-refractivity contribution in [2.45, 2.75) is 27.7 Å². The molecule has 3 rings (SSSR count). The molecule has 2 aromatic carbocycles. The standard InChI is InChI=1S/C23H21N5O4.2BrH.Fe/c1-14-12-18(27(29)30)8-10-20(14)24-16(3)22-6-5-7-23(26-22)17(4)25-21-11-9-19(28(31)32)13-15(21)2;;;/h5-13H,1-4H3;2*1H;/q;;;+2/p-2. The number of nitro groups is 2. The van der Waals surface area contributed by atoms with Crippen LogP contribution in [-0.4, -0.2) is 26.3 Å². The first-order chi connectivity index (χ1) is 16.6. The molecule has 0 N–H and O–H groups in total. The number of nitro benzene ring substituents is 2. The van der Waals surface area contributed by atoms with Gasteiger partial charge >= 0.3 is 39.6 Å². The van der Waals surface area contributed by atoms with Crippen molar-refractivity contribution in [3.8, 4) is 0 Å². The molecule has 1 heterocycles. The number of aryl methyl sites for hydroxylation is 2. The summed E-state index contributed by atoms with van der Waals surface area (Å²) in [6.07, 6.45) is 0. The van der Waals surface area contributed by atoms with Crippen molar-refractivity contribution in [2.75, 3.05) is 0 Å². The molecule has 0 saturated carbocycles. The number of rotatable bonds is 6. The molecule has 0 atom stereocenters. The van der Waals surface area contributed by atoms with Gasteiger partial charge in [0.05, 0.1) is 44.0 Å². The van der Waals surface area contributed by atoms with Crippen LogP contribution in [0.1, 0.15) is 36.4 Å². The summed E-state index contributed by atoms with van der Waals surface area (Å²) < 4.78 is 0. The second-order valence-corrected chi connectivity index (χ2v) is 12.9. The molecule has 0 aliphatic carbocycles. The number of benzene rings is 2. The summed E-state index contributed by atoms with van der Waals surface area (Å²) in [5, 5.41) is 21.9. The maximum absolute atomic E-state index is 10.9. The summed E-state index contributed by atoms with van der Waals surface area (Å²) in [6.45, 7) is 7.18. The van der Waals surface area contributed by atoms with Crippen molar-refractivity contribution in [1.82, 2.24) is 4.98 Å². The predicted molar refractivity (Wildman–Crippen MR) is 141 cm³/mol. The van der Waals surface area contributed by atoms with Gasteiger partial charge in [-0.1, -0.05) is 6.07 Å². The number of pyridine rings is 1. The molecule has 0 amide bonds. The molecule has 0 fully saturated rings. The van der Waals surface area contributed by atoms with Gasteiger partial charge in [0, 0.05) is 24.3 Å². The van der Waals surface area contributed by atoms with E-state index in [-0.39, 0.29) is 11.4 Å². The molecule has 9 nitrogen and oxygen atoms in total. The maximum atomic E-state index is 10.9. The normalized spacial score (nSPS) is 11.6. The van der Waals surface area contributed by atoms with E-state index < -0.39 is 9.85 Å².